The molecule has 2 unspecified atom stereocenters. The minimum Gasteiger partial charge on any atom is -0.363 e. The highest BCUT2D eigenvalue weighted by Gasteiger charge is 2.47. The number of hydrogen-bond acceptors (Lipinski definition) is 3. The molecule has 1 aromatic heterocycles. The Hall–Kier alpha value is -3.29. The van der Waals surface area contributed by atoms with Crippen LogP contribution in [0.15, 0.2) is 60.8 Å². The number of rotatable bonds is 4. The van der Waals surface area contributed by atoms with Crippen molar-refractivity contribution in [3.8, 4) is 0 Å². The maximum Gasteiger partial charge on any atom is 0.410 e. The molecule has 1 aliphatic heterocycles. The van der Waals surface area contributed by atoms with Gasteiger partial charge >= 0.3 is 6.18 Å². The third-order valence-corrected chi connectivity index (χ3v) is 5.96. The topological polar surface area (TPSA) is 59.0 Å². The molecular formula is C25H27F3N4O. The van der Waals surface area contributed by atoms with Gasteiger partial charge in [0.2, 0.25) is 0 Å². The number of nitrogens with zero attached hydrogens (tertiary/aromatic N) is 2. The van der Waals surface area contributed by atoms with Crippen molar-refractivity contribution < 1.29 is 18.0 Å². The molecule has 0 saturated heterocycles. The Morgan fingerprint density at radius 2 is 1.76 bits per heavy atom. The van der Waals surface area contributed by atoms with Crippen LogP contribution in [-0.4, -0.2) is 21.9 Å². The van der Waals surface area contributed by atoms with E-state index >= 15 is 0 Å². The number of carbonyl (C=O) groups excluding carboxylic acids is 1. The zero-order chi connectivity index (χ0) is 23.8. The summed E-state index contributed by atoms with van der Waals surface area (Å²) in [6.07, 6.45) is -3.49. The van der Waals surface area contributed by atoms with Crippen molar-refractivity contribution in [2.75, 3.05) is 5.32 Å². The minimum atomic E-state index is -4.49. The fourth-order valence-corrected chi connectivity index (χ4v) is 4.03. The van der Waals surface area contributed by atoms with E-state index in [4.69, 9.17) is 0 Å². The fourth-order valence-electron chi connectivity index (χ4n) is 4.03. The second kappa shape index (κ2) is 8.57. The second-order valence-electron chi connectivity index (χ2n) is 9.38. The Balaban J connectivity index is 1.55. The van der Waals surface area contributed by atoms with E-state index in [1.54, 1.807) is 24.3 Å². The van der Waals surface area contributed by atoms with Crippen molar-refractivity contribution in [1.29, 1.82) is 0 Å². The van der Waals surface area contributed by atoms with Gasteiger partial charge in [-0.2, -0.15) is 18.3 Å². The van der Waals surface area contributed by atoms with Crippen LogP contribution in [-0.2, 0) is 12.0 Å². The van der Waals surface area contributed by atoms with Crippen LogP contribution in [0.4, 0.5) is 19.0 Å². The highest BCUT2D eigenvalue weighted by Crippen LogP contribution is 2.44. The number of aromatic nitrogens is 2. The van der Waals surface area contributed by atoms with E-state index in [0.29, 0.717) is 0 Å². The molecule has 5 nitrogen and oxygen atoms in total. The molecule has 0 bridgehead atoms. The Morgan fingerprint density at radius 3 is 2.36 bits per heavy atom. The third-order valence-electron chi connectivity index (χ3n) is 5.96. The van der Waals surface area contributed by atoms with Crippen LogP contribution in [0.2, 0.25) is 0 Å². The number of hydrogen-bond donors (Lipinski definition) is 2. The van der Waals surface area contributed by atoms with Crippen molar-refractivity contribution in [2.45, 2.75) is 57.4 Å². The summed E-state index contributed by atoms with van der Waals surface area (Å²) in [6.45, 7) is 6.63. The molecule has 8 heteroatoms. The van der Waals surface area contributed by atoms with E-state index in [1.165, 1.54) is 11.8 Å². The Bertz CT molecular complexity index is 1120. The van der Waals surface area contributed by atoms with Gasteiger partial charge < -0.3 is 10.6 Å². The summed E-state index contributed by atoms with van der Waals surface area (Å²) in [6, 6.07) is 14.4. The number of fused-ring (bicyclic) bond motifs is 1. The Kier molecular flexibility index (Phi) is 5.95. The van der Waals surface area contributed by atoms with Gasteiger partial charge in [0.05, 0.1) is 12.2 Å². The van der Waals surface area contributed by atoms with Crippen LogP contribution in [0.3, 0.4) is 0 Å². The van der Waals surface area contributed by atoms with Gasteiger partial charge in [-0.15, -0.1) is 0 Å². The molecular weight excluding hydrogens is 429 g/mol. The van der Waals surface area contributed by atoms with E-state index in [0.717, 1.165) is 15.8 Å². The molecule has 4 rings (SSSR count). The maximum atomic E-state index is 13.8. The van der Waals surface area contributed by atoms with E-state index in [9.17, 15) is 18.0 Å². The molecule has 1 aliphatic rings. The number of anilines is 1. The summed E-state index contributed by atoms with van der Waals surface area (Å²) in [5.41, 5.74) is 2.92. The first-order chi connectivity index (χ1) is 15.5. The van der Waals surface area contributed by atoms with Gasteiger partial charge in [-0.3, -0.25) is 4.79 Å². The summed E-state index contributed by atoms with van der Waals surface area (Å²) >= 11 is 0. The number of carbonyl (C=O) groups is 1. The average molecular weight is 457 g/mol. The van der Waals surface area contributed by atoms with Gasteiger partial charge in [0.15, 0.2) is 6.04 Å². The molecule has 0 radical (unpaired) electrons. The molecule has 1 amide bonds. The Morgan fingerprint density at radius 1 is 1.09 bits per heavy atom. The summed E-state index contributed by atoms with van der Waals surface area (Å²) in [4.78, 5) is 12.9. The molecule has 0 aliphatic carbocycles. The lowest BCUT2D eigenvalue weighted by Crippen LogP contribution is -2.36. The van der Waals surface area contributed by atoms with Gasteiger partial charge in [0, 0.05) is 13.0 Å². The average Bonchev–Trinajstić information content (AvgIpc) is 3.20. The first-order valence-corrected chi connectivity index (χ1v) is 10.9. The first-order valence-electron chi connectivity index (χ1n) is 10.9. The van der Waals surface area contributed by atoms with Gasteiger partial charge in [-0.1, -0.05) is 75.4 Å². The lowest BCUT2D eigenvalue weighted by atomic mass is 9.87. The quantitative estimate of drug-likeness (QED) is 0.524. The predicted octanol–water partition coefficient (Wildman–Crippen LogP) is 5.77. The molecule has 0 fully saturated rings. The van der Waals surface area contributed by atoms with E-state index in [2.05, 4.69) is 36.5 Å². The molecule has 2 atom stereocenters. The lowest BCUT2D eigenvalue weighted by Gasteiger charge is -2.34. The second-order valence-corrected chi connectivity index (χ2v) is 9.38. The number of alkyl halides is 3. The fraction of sp³-hybridized carbons (Fsp3) is 0.360. The van der Waals surface area contributed by atoms with E-state index in [-0.39, 0.29) is 29.8 Å². The monoisotopic (exact) mass is 456 g/mol. The van der Waals surface area contributed by atoms with E-state index < -0.39 is 24.2 Å². The lowest BCUT2D eigenvalue weighted by molar-refractivity contribution is -0.173. The number of amides is 1. The number of benzene rings is 2. The Labute approximate surface area is 191 Å². The van der Waals surface area contributed by atoms with Crippen LogP contribution in [0.5, 0.6) is 0 Å². The van der Waals surface area contributed by atoms with Crippen molar-refractivity contribution in [3.63, 3.8) is 0 Å². The molecule has 2 N–H and O–H groups in total. The van der Waals surface area contributed by atoms with Crippen LogP contribution < -0.4 is 10.6 Å². The molecule has 0 spiro atoms. The predicted molar refractivity (Wildman–Crippen MR) is 121 cm³/mol. The highest BCUT2D eigenvalue weighted by atomic mass is 19.4. The van der Waals surface area contributed by atoms with Gasteiger partial charge in [-0.05, 0) is 22.1 Å². The van der Waals surface area contributed by atoms with Crippen molar-refractivity contribution in [1.82, 2.24) is 15.1 Å². The molecule has 174 valence electrons. The molecule has 0 saturated carbocycles. The summed E-state index contributed by atoms with van der Waals surface area (Å²) in [5.74, 6) is -0.392. The van der Waals surface area contributed by atoms with Crippen LogP contribution in [0.1, 0.15) is 66.3 Å². The van der Waals surface area contributed by atoms with Gasteiger partial charge in [0.25, 0.3) is 5.91 Å². The SMILES string of the molecule is CC(C)(C)c1ccc(CNC(=O)c2cnn3c2NC(c2ccccc2)CC3C(F)(F)F)cc1. The van der Waals surface area contributed by atoms with Crippen molar-refractivity contribution in [2.24, 2.45) is 0 Å². The zero-order valence-electron chi connectivity index (χ0n) is 18.8. The summed E-state index contributed by atoms with van der Waals surface area (Å²) in [5, 5.41) is 9.83. The third kappa shape index (κ3) is 4.89. The normalized spacial score (nSPS) is 18.4. The molecule has 2 heterocycles. The zero-order valence-corrected chi connectivity index (χ0v) is 18.8. The van der Waals surface area contributed by atoms with Crippen LogP contribution in [0, 0.1) is 0 Å². The smallest absolute Gasteiger partial charge is 0.363 e. The van der Waals surface area contributed by atoms with E-state index in [1.807, 2.05) is 30.3 Å². The van der Waals surface area contributed by atoms with Crippen molar-refractivity contribution >= 4 is 11.7 Å². The minimum absolute atomic E-state index is 0.0228. The van der Waals surface area contributed by atoms with Crippen LogP contribution >= 0.6 is 0 Å². The summed E-state index contributed by atoms with van der Waals surface area (Å²) in [7, 11) is 0. The first kappa shape index (κ1) is 22.9. The standard InChI is InChI=1S/C25H27F3N4O/c1-24(2,3)18-11-9-16(10-12-18)14-29-23(33)19-15-30-32-21(25(26,27)28)13-20(31-22(19)32)17-7-5-4-6-8-17/h4-12,15,20-21,31H,13-14H2,1-3H3,(H,29,33). The van der Waals surface area contributed by atoms with Crippen LogP contribution in [0.25, 0.3) is 0 Å². The van der Waals surface area contributed by atoms with Gasteiger partial charge in [0.1, 0.15) is 11.4 Å². The van der Waals surface area contributed by atoms with Crippen molar-refractivity contribution in [3.05, 3.63) is 83.0 Å². The highest BCUT2D eigenvalue weighted by molar-refractivity contribution is 5.98. The molecule has 33 heavy (non-hydrogen) atoms. The molecule has 3 aromatic rings. The number of nitrogens with one attached hydrogen (secondary N) is 2. The largest absolute Gasteiger partial charge is 0.410 e. The van der Waals surface area contributed by atoms with Gasteiger partial charge in [-0.25, -0.2) is 4.68 Å². The summed E-state index contributed by atoms with van der Waals surface area (Å²) < 4.78 is 42.3. The number of halogens is 3. The maximum absolute atomic E-state index is 13.8. The molecule has 2 aromatic carbocycles.